The molecule has 2 heterocycles. The molecule has 1 atom stereocenters. The van der Waals surface area contributed by atoms with Crippen LogP contribution in [0.15, 0.2) is 65.0 Å². The zero-order chi connectivity index (χ0) is 41.3. The summed E-state index contributed by atoms with van der Waals surface area (Å²) >= 11 is -2.52. The molecule has 0 aromatic heterocycles. The second kappa shape index (κ2) is 19.2. The number of para-hydroxylation sites is 1. The molecular weight excluding hydrogens is 868 g/mol. The maximum absolute atomic E-state index is 15.5. The Morgan fingerprint density at radius 3 is 2.49 bits per heavy atom. The summed E-state index contributed by atoms with van der Waals surface area (Å²) in [6.07, 6.45) is -2.93. The van der Waals surface area contributed by atoms with Crippen LogP contribution in [0, 0.1) is 33.8 Å². The predicted octanol–water partition coefficient (Wildman–Crippen LogP) is 8.99. The van der Waals surface area contributed by atoms with Crippen LogP contribution in [0.3, 0.4) is 0 Å². The van der Waals surface area contributed by atoms with Crippen LogP contribution in [0.4, 0.5) is 22.0 Å². The molecular formula is C41H43F5IN3O7. The zero-order valence-electron chi connectivity index (χ0n) is 31.7. The van der Waals surface area contributed by atoms with Gasteiger partial charge in [0.05, 0.1) is 20.8 Å². The normalized spacial score (nSPS) is 18.2. The van der Waals surface area contributed by atoms with Crippen molar-refractivity contribution in [3.8, 4) is 34.5 Å². The van der Waals surface area contributed by atoms with Gasteiger partial charge in [-0.15, -0.1) is 0 Å². The number of allylic oxidation sites excluding steroid dienone is 1. The Morgan fingerprint density at radius 2 is 1.77 bits per heavy atom. The van der Waals surface area contributed by atoms with E-state index >= 15 is 8.78 Å². The summed E-state index contributed by atoms with van der Waals surface area (Å²) in [5.41, 5.74) is -0.0750. The number of benzene rings is 3. The summed E-state index contributed by atoms with van der Waals surface area (Å²) in [4.78, 5) is 24.2. The molecule has 2 saturated heterocycles. The average Bonchev–Trinajstić information content (AvgIpc) is 3.60. The van der Waals surface area contributed by atoms with Gasteiger partial charge in [0.15, 0.2) is 0 Å². The molecule has 10 nitrogen and oxygen atoms in total. The molecule has 0 bridgehead atoms. The smallest absolute Gasteiger partial charge is 0.0778 e. The number of nitrogens with one attached hydrogen (secondary N) is 1. The number of alkyl halides is 5. The maximum atomic E-state index is 15.5. The van der Waals surface area contributed by atoms with E-state index in [4.69, 9.17) is 24.4 Å². The minimum atomic E-state index is -4.61. The molecule has 2 N–H and O–H groups in total. The van der Waals surface area contributed by atoms with E-state index in [1.54, 1.807) is 21.3 Å². The van der Waals surface area contributed by atoms with Crippen LogP contribution in [0.2, 0.25) is 0 Å². The number of amides is 1. The first-order valence-corrected chi connectivity index (χ1v) is 21.6. The molecule has 1 unspecified atom stereocenters. The number of methoxy groups -OCH3 is 2. The zero-order valence-corrected chi connectivity index (χ0v) is 33.8. The number of aryl methyl sites for hydroxylation is 1. The van der Waals surface area contributed by atoms with Crippen LogP contribution in [0.25, 0.3) is 11.1 Å². The number of nitrogens with zero attached hydrogens (tertiary/aromatic N) is 2. The number of nitroso groups, excluding NO2 is 1. The first-order valence-electron chi connectivity index (χ1n) is 18.1. The van der Waals surface area contributed by atoms with E-state index in [9.17, 15) is 28.0 Å². The molecule has 0 radical (unpaired) electrons. The summed E-state index contributed by atoms with van der Waals surface area (Å²) < 4.78 is 95.1. The topological polar surface area (TPSA) is 131 Å². The van der Waals surface area contributed by atoms with Gasteiger partial charge in [-0.05, 0) is 6.07 Å². The van der Waals surface area contributed by atoms with Crippen LogP contribution in [-0.2, 0) is 33.4 Å². The summed E-state index contributed by atoms with van der Waals surface area (Å²) in [6, 6.07) is 11.0. The summed E-state index contributed by atoms with van der Waals surface area (Å²) in [6.45, 7) is 2.16. The van der Waals surface area contributed by atoms with Gasteiger partial charge in [-0.25, -0.2) is 0 Å². The van der Waals surface area contributed by atoms with E-state index < -0.39 is 52.8 Å². The molecule has 1 amide bonds. The van der Waals surface area contributed by atoms with Crippen molar-refractivity contribution < 1.29 is 50.8 Å². The molecule has 2 aliphatic heterocycles. The number of halogens is 6. The van der Waals surface area contributed by atoms with E-state index in [0.717, 1.165) is 18.6 Å². The van der Waals surface area contributed by atoms with Crippen molar-refractivity contribution in [2.24, 2.45) is 5.18 Å². The van der Waals surface area contributed by atoms with Crippen molar-refractivity contribution in [3.63, 3.8) is 0 Å². The molecule has 5 rings (SSSR count). The summed E-state index contributed by atoms with van der Waals surface area (Å²) in [7, 11) is 2.82. The summed E-state index contributed by atoms with van der Waals surface area (Å²) in [5, 5.41) is 23.3. The number of hydrogen-bond donors (Lipinski definition) is 2. The fourth-order valence-electron chi connectivity index (χ4n) is 6.82. The van der Waals surface area contributed by atoms with Gasteiger partial charge in [-0.1, -0.05) is 5.18 Å². The Labute approximate surface area is 334 Å². The van der Waals surface area contributed by atoms with E-state index in [0.29, 0.717) is 27.7 Å². The van der Waals surface area contributed by atoms with Gasteiger partial charge < -0.3 is 9.47 Å². The third-order valence-electron chi connectivity index (χ3n) is 9.74. The third kappa shape index (κ3) is 9.75. The quantitative estimate of drug-likeness (QED) is 0.0169. The van der Waals surface area contributed by atoms with Gasteiger partial charge in [0.25, 0.3) is 0 Å². The summed E-state index contributed by atoms with van der Waals surface area (Å²) in [5.74, 6) is 2.48. The Bertz CT molecular complexity index is 2080. The molecule has 3 aromatic rings. The molecule has 3 aromatic carbocycles. The SMILES string of the molecule is COc1cccc(-c2cc(C(F)(F)F)ccc2CCCC(O)=C2C(=N)C3(C)CCCI3N(Cc3ccc(C#CCOCCOCCN=O)c(F)c3F)C2=O)c1OC. The minimum absolute atomic E-state index is 0.0285. The number of carbonyl (C=O) groups excluding carboxylic acids is 1. The van der Waals surface area contributed by atoms with Gasteiger partial charge >= 0.3 is 270 Å². The number of ether oxygens (including phenoxy) is 4. The Hall–Kier alpha value is -4.60. The molecule has 2 aliphatic rings. The number of aliphatic hydroxyl groups excluding tert-OH is 1. The fourth-order valence-corrected chi connectivity index (χ4v) is 14.4. The van der Waals surface area contributed by atoms with Crippen LogP contribution in [0.5, 0.6) is 11.5 Å². The van der Waals surface area contributed by atoms with E-state index in [1.807, 2.05) is 6.92 Å². The molecule has 2 fully saturated rings. The van der Waals surface area contributed by atoms with Crippen LogP contribution >= 0.6 is 20.1 Å². The number of carbonyl (C=O) groups is 1. The Morgan fingerprint density at radius 1 is 1.02 bits per heavy atom. The van der Waals surface area contributed by atoms with Crippen molar-refractivity contribution in [3.05, 3.63) is 98.7 Å². The Balaban J connectivity index is 1.35. The van der Waals surface area contributed by atoms with E-state index in [1.165, 1.54) is 32.4 Å². The Kier molecular flexibility index (Phi) is 14.7. The van der Waals surface area contributed by atoms with E-state index in [2.05, 4.69) is 17.0 Å². The van der Waals surface area contributed by atoms with Crippen LogP contribution < -0.4 is 9.47 Å². The first-order chi connectivity index (χ1) is 27.3. The second-order valence-corrected chi connectivity index (χ2v) is 19.9. The molecule has 0 saturated carbocycles. The van der Waals surface area contributed by atoms with Gasteiger partial charge in [0, 0.05) is 0 Å². The van der Waals surface area contributed by atoms with Gasteiger partial charge in [-0.3, -0.25) is 0 Å². The fraction of sp³-hybridized carbons (Fsp3) is 0.415. The minimum Gasteiger partial charge on any atom is 0.0778 e. The number of rotatable bonds is 16. The van der Waals surface area contributed by atoms with Crippen LogP contribution in [-0.4, -0.2) is 74.9 Å². The first kappa shape index (κ1) is 43.5. The van der Waals surface area contributed by atoms with Crippen molar-refractivity contribution >= 4 is 31.7 Å². The second-order valence-electron chi connectivity index (χ2n) is 13.3. The van der Waals surface area contributed by atoms with Crippen molar-refractivity contribution in [1.82, 2.24) is 3.11 Å². The van der Waals surface area contributed by atoms with Crippen molar-refractivity contribution in [2.75, 3.05) is 51.6 Å². The number of fused-ring (bicyclic) bond motifs is 1. The third-order valence-corrected chi connectivity index (χ3v) is 17.5. The molecule has 306 valence electrons. The van der Waals surface area contributed by atoms with Crippen LogP contribution in [0.1, 0.15) is 54.9 Å². The molecule has 0 aliphatic carbocycles. The molecule has 57 heavy (non-hydrogen) atoms. The number of hydrogen-bond acceptors (Lipinski definition) is 9. The van der Waals surface area contributed by atoms with Crippen molar-refractivity contribution in [2.45, 2.75) is 55.2 Å². The average molecular weight is 912 g/mol. The van der Waals surface area contributed by atoms with E-state index in [-0.39, 0.29) is 98.3 Å². The molecule has 16 heteroatoms. The van der Waals surface area contributed by atoms with Gasteiger partial charge in [0.1, 0.15) is 6.54 Å². The van der Waals surface area contributed by atoms with Gasteiger partial charge in [-0.2, -0.15) is 18.1 Å². The monoisotopic (exact) mass is 911 g/mol. The van der Waals surface area contributed by atoms with Gasteiger partial charge in [0.2, 0.25) is 0 Å². The number of aliphatic hydroxyl groups is 1. The molecule has 0 spiro atoms. The predicted molar refractivity (Wildman–Crippen MR) is 213 cm³/mol. The van der Waals surface area contributed by atoms with Crippen molar-refractivity contribution in [1.29, 1.82) is 5.41 Å². The standard InChI is InChI=1S/C41H43F5IN3O7/c1-40-17-7-18-47(40)50(25-28-14-13-27(35(42)36(28)43)9-6-20-56-22-23-57-21-19-49-53)39(52)34(38(40)48)32(51)11-4-8-26-15-16-29(41(44,45)46)24-31(26)30-10-5-12-33(54-2)37(30)55-3/h5,10,12-16,24,48,51H,4,7-8,11,17-23,25H2,1-3H3.